The fourth-order valence-electron chi connectivity index (χ4n) is 3.79. The van der Waals surface area contributed by atoms with E-state index in [0.717, 1.165) is 5.56 Å². The monoisotopic (exact) mass is 409 g/mol. The van der Waals surface area contributed by atoms with Crippen molar-refractivity contribution < 1.29 is 19.1 Å². The highest BCUT2D eigenvalue weighted by Crippen LogP contribution is 2.31. The first-order chi connectivity index (χ1) is 14.6. The van der Waals surface area contributed by atoms with Gasteiger partial charge in [-0.25, -0.2) is 0 Å². The van der Waals surface area contributed by atoms with Gasteiger partial charge in [-0.3, -0.25) is 14.5 Å². The second kappa shape index (κ2) is 9.17. The number of rotatable bonds is 5. The van der Waals surface area contributed by atoms with E-state index in [4.69, 9.17) is 9.47 Å². The van der Waals surface area contributed by atoms with Gasteiger partial charge in [0.05, 0.1) is 12.6 Å². The lowest BCUT2D eigenvalue weighted by molar-refractivity contribution is -0.143. The Labute approximate surface area is 176 Å². The van der Waals surface area contributed by atoms with Gasteiger partial charge in [-0.2, -0.15) is 0 Å². The maximum atomic E-state index is 12.8. The Hall–Kier alpha value is -3.06. The van der Waals surface area contributed by atoms with Crippen molar-refractivity contribution in [3.05, 3.63) is 60.2 Å². The van der Waals surface area contributed by atoms with E-state index in [9.17, 15) is 9.59 Å². The highest BCUT2D eigenvalue weighted by atomic mass is 16.6. The molecule has 2 amide bonds. The van der Waals surface area contributed by atoms with Crippen LogP contribution in [-0.2, 0) is 9.59 Å². The maximum Gasteiger partial charge on any atom is 0.267 e. The molecule has 158 valence electrons. The minimum absolute atomic E-state index is 0.00764. The Balaban J connectivity index is 1.23. The third-order valence-corrected chi connectivity index (χ3v) is 5.51. The van der Waals surface area contributed by atoms with Crippen LogP contribution >= 0.6 is 0 Å². The predicted molar refractivity (Wildman–Crippen MR) is 112 cm³/mol. The molecule has 0 spiro atoms. The SMILES string of the molecule is C[C@@H](NC(=O)CN1CCN(C(=O)[C@@H]2COc3ccccc3O2)CC1)c1ccccc1. The van der Waals surface area contributed by atoms with E-state index in [2.05, 4.69) is 10.2 Å². The van der Waals surface area contributed by atoms with Crippen LogP contribution in [0.5, 0.6) is 11.5 Å². The molecule has 2 aromatic carbocycles. The summed E-state index contributed by atoms with van der Waals surface area (Å²) in [4.78, 5) is 29.1. The van der Waals surface area contributed by atoms with Crippen molar-refractivity contribution in [2.24, 2.45) is 0 Å². The van der Waals surface area contributed by atoms with Crippen LogP contribution < -0.4 is 14.8 Å². The molecule has 0 radical (unpaired) electrons. The molecule has 2 heterocycles. The number of hydrogen-bond donors (Lipinski definition) is 1. The summed E-state index contributed by atoms with van der Waals surface area (Å²) in [6.45, 7) is 4.98. The van der Waals surface area contributed by atoms with Gasteiger partial charge >= 0.3 is 0 Å². The lowest BCUT2D eigenvalue weighted by atomic mass is 10.1. The van der Waals surface area contributed by atoms with Crippen molar-refractivity contribution in [3.8, 4) is 11.5 Å². The van der Waals surface area contributed by atoms with Gasteiger partial charge in [-0.15, -0.1) is 0 Å². The van der Waals surface area contributed by atoms with Gasteiger partial charge in [-0.05, 0) is 24.6 Å². The van der Waals surface area contributed by atoms with Gasteiger partial charge in [0.1, 0.15) is 6.61 Å². The number of ether oxygens (including phenoxy) is 2. The molecule has 7 nitrogen and oxygen atoms in total. The summed E-state index contributed by atoms with van der Waals surface area (Å²) in [6, 6.07) is 17.2. The van der Waals surface area contributed by atoms with E-state index in [-0.39, 0.29) is 24.5 Å². The molecule has 0 bridgehead atoms. The van der Waals surface area contributed by atoms with Gasteiger partial charge in [0.15, 0.2) is 11.5 Å². The number of amides is 2. The number of fused-ring (bicyclic) bond motifs is 1. The molecular formula is C23H27N3O4. The first kappa shape index (κ1) is 20.2. The lowest BCUT2D eigenvalue weighted by Gasteiger charge is -2.37. The van der Waals surface area contributed by atoms with Gasteiger partial charge in [-0.1, -0.05) is 42.5 Å². The van der Waals surface area contributed by atoms with Gasteiger partial charge in [0, 0.05) is 26.2 Å². The second-order valence-electron chi connectivity index (χ2n) is 7.67. The average molecular weight is 409 g/mol. The quantitative estimate of drug-likeness (QED) is 0.816. The zero-order valence-electron chi connectivity index (χ0n) is 17.1. The van der Waals surface area contributed by atoms with E-state index < -0.39 is 6.10 Å². The van der Waals surface area contributed by atoms with Crippen LogP contribution in [0.3, 0.4) is 0 Å². The van der Waals surface area contributed by atoms with Crippen molar-refractivity contribution in [1.82, 2.24) is 15.1 Å². The number of nitrogens with zero attached hydrogens (tertiary/aromatic N) is 2. The molecule has 2 atom stereocenters. The zero-order valence-corrected chi connectivity index (χ0v) is 17.1. The number of nitrogens with one attached hydrogen (secondary N) is 1. The van der Waals surface area contributed by atoms with E-state index in [1.54, 1.807) is 4.90 Å². The van der Waals surface area contributed by atoms with E-state index in [0.29, 0.717) is 44.2 Å². The molecule has 1 saturated heterocycles. The number of para-hydroxylation sites is 2. The van der Waals surface area contributed by atoms with Crippen LogP contribution in [-0.4, -0.2) is 67.0 Å². The van der Waals surface area contributed by atoms with Gasteiger partial charge in [0.2, 0.25) is 12.0 Å². The Morgan fingerprint density at radius 3 is 2.40 bits per heavy atom. The molecule has 0 unspecified atom stereocenters. The average Bonchev–Trinajstić information content (AvgIpc) is 2.79. The van der Waals surface area contributed by atoms with Crippen molar-refractivity contribution in [2.75, 3.05) is 39.3 Å². The molecule has 30 heavy (non-hydrogen) atoms. The molecule has 4 rings (SSSR count). The Kier molecular flexibility index (Phi) is 6.18. The molecule has 1 fully saturated rings. The number of piperazine rings is 1. The fourth-order valence-corrected chi connectivity index (χ4v) is 3.79. The Bertz CT molecular complexity index is 881. The molecule has 2 aromatic rings. The third-order valence-electron chi connectivity index (χ3n) is 5.51. The zero-order chi connectivity index (χ0) is 20.9. The number of carbonyl (C=O) groups excluding carboxylic acids is 2. The summed E-state index contributed by atoms with van der Waals surface area (Å²) in [6.07, 6.45) is -0.624. The molecule has 0 aliphatic carbocycles. The summed E-state index contributed by atoms with van der Waals surface area (Å²) in [7, 11) is 0. The van der Waals surface area contributed by atoms with Crippen molar-refractivity contribution in [2.45, 2.75) is 19.1 Å². The van der Waals surface area contributed by atoms with Crippen molar-refractivity contribution in [1.29, 1.82) is 0 Å². The number of benzene rings is 2. The van der Waals surface area contributed by atoms with Crippen LogP contribution in [0.15, 0.2) is 54.6 Å². The molecule has 2 aliphatic rings. The molecule has 0 saturated carbocycles. The first-order valence-electron chi connectivity index (χ1n) is 10.3. The summed E-state index contributed by atoms with van der Waals surface area (Å²) < 4.78 is 11.5. The minimum Gasteiger partial charge on any atom is -0.485 e. The van der Waals surface area contributed by atoms with E-state index in [1.807, 2.05) is 61.5 Å². The molecule has 1 N–H and O–H groups in total. The van der Waals surface area contributed by atoms with Crippen LogP contribution in [0.25, 0.3) is 0 Å². The maximum absolute atomic E-state index is 12.8. The van der Waals surface area contributed by atoms with E-state index >= 15 is 0 Å². The largest absolute Gasteiger partial charge is 0.485 e. The van der Waals surface area contributed by atoms with Crippen LogP contribution in [0.2, 0.25) is 0 Å². The molecule has 7 heteroatoms. The predicted octanol–water partition coefficient (Wildman–Crippen LogP) is 1.85. The Morgan fingerprint density at radius 1 is 1.00 bits per heavy atom. The van der Waals surface area contributed by atoms with Crippen molar-refractivity contribution in [3.63, 3.8) is 0 Å². The van der Waals surface area contributed by atoms with Crippen molar-refractivity contribution >= 4 is 11.8 Å². The number of carbonyl (C=O) groups is 2. The minimum atomic E-state index is -0.624. The molecule has 0 aromatic heterocycles. The number of hydrogen-bond acceptors (Lipinski definition) is 5. The van der Waals surface area contributed by atoms with Gasteiger partial charge in [0.25, 0.3) is 5.91 Å². The third kappa shape index (κ3) is 4.74. The molecule has 2 aliphatic heterocycles. The highest BCUT2D eigenvalue weighted by molar-refractivity contribution is 5.82. The second-order valence-corrected chi connectivity index (χ2v) is 7.67. The normalized spacial score (nSPS) is 19.8. The summed E-state index contributed by atoms with van der Waals surface area (Å²) in [5.74, 6) is 1.20. The Morgan fingerprint density at radius 2 is 1.67 bits per heavy atom. The lowest BCUT2D eigenvalue weighted by Crippen LogP contribution is -2.55. The highest BCUT2D eigenvalue weighted by Gasteiger charge is 2.32. The topological polar surface area (TPSA) is 71.1 Å². The summed E-state index contributed by atoms with van der Waals surface area (Å²) in [5, 5.41) is 3.04. The van der Waals surface area contributed by atoms with Crippen LogP contribution in [0.1, 0.15) is 18.5 Å². The smallest absolute Gasteiger partial charge is 0.267 e. The van der Waals surface area contributed by atoms with Crippen LogP contribution in [0.4, 0.5) is 0 Å². The van der Waals surface area contributed by atoms with Crippen LogP contribution in [0, 0.1) is 0 Å². The fraction of sp³-hybridized carbons (Fsp3) is 0.391. The summed E-state index contributed by atoms with van der Waals surface area (Å²) >= 11 is 0. The first-order valence-corrected chi connectivity index (χ1v) is 10.3. The van der Waals surface area contributed by atoms with E-state index in [1.165, 1.54) is 0 Å². The molecular weight excluding hydrogens is 382 g/mol. The van der Waals surface area contributed by atoms with Gasteiger partial charge < -0.3 is 19.7 Å². The summed E-state index contributed by atoms with van der Waals surface area (Å²) in [5.41, 5.74) is 1.08. The standard InChI is InChI=1S/C23H27N3O4/c1-17(18-7-3-2-4-8-18)24-22(27)15-25-11-13-26(14-12-25)23(28)21-16-29-19-9-5-6-10-20(19)30-21/h2-10,17,21H,11-16H2,1H3,(H,24,27)/t17-,21+/m1/s1.